The van der Waals surface area contributed by atoms with Crippen molar-refractivity contribution in [1.82, 2.24) is 10.2 Å². The molecule has 1 saturated carbocycles. The second kappa shape index (κ2) is 15.6. The first-order chi connectivity index (χ1) is 22.3. The van der Waals surface area contributed by atoms with Crippen molar-refractivity contribution >= 4 is 27.5 Å². The number of sulfonamides is 1. The maximum absolute atomic E-state index is 14.3. The number of anilines is 1. The molecule has 46 heavy (non-hydrogen) atoms. The lowest BCUT2D eigenvalue weighted by Crippen LogP contribution is -2.55. The molecule has 240 valence electrons. The van der Waals surface area contributed by atoms with Crippen LogP contribution in [0.1, 0.15) is 43.2 Å². The van der Waals surface area contributed by atoms with Gasteiger partial charge in [0.15, 0.2) is 0 Å². The third-order valence-corrected chi connectivity index (χ3v) is 9.34. The molecule has 1 aliphatic rings. The van der Waals surface area contributed by atoms with Crippen LogP contribution in [0, 0.1) is 0 Å². The zero-order valence-electron chi connectivity index (χ0n) is 26.1. The Kier molecular flexibility index (Phi) is 11.1. The van der Waals surface area contributed by atoms with Crippen LogP contribution in [0.25, 0.3) is 0 Å². The summed E-state index contributed by atoms with van der Waals surface area (Å²) in [6, 6.07) is 34.1. The molecule has 8 nitrogen and oxygen atoms in total. The fourth-order valence-corrected chi connectivity index (χ4v) is 6.65. The van der Waals surface area contributed by atoms with Crippen LogP contribution in [-0.4, -0.2) is 50.0 Å². The first-order valence-corrected chi connectivity index (χ1v) is 17.6. The van der Waals surface area contributed by atoms with Gasteiger partial charge in [-0.25, -0.2) is 8.42 Å². The summed E-state index contributed by atoms with van der Waals surface area (Å²) in [6.07, 6.45) is 6.44. The minimum Gasteiger partial charge on any atom is -0.457 e. The van der Waals surface area contributed by atoms with Crippen LogP contribution in [0.15, 0.2) is 115 Å². The first kappa shape index (κ1) is 32.8. The molecule has 1 fully saturated rings. The minimum absolute atomic E-state index is 0.0531. The quantitative estimate of drug-likeness (QED) is 0.184. The van der Waals surface area contributed by atoms with E-state index in [0.717, 1.165) is 53.8 Å². The second-order valence-electron chi connectivity index (χ2n) is 11.7. The molecule has 0 aliphatic heterocycles. The summed E-state index contributed by atoms with van der Waals surface area (Å²) in [5, 5.41) is 3.22. The summed E-state index contributed by atoms with van der Waals surface area (Å²) in [7, 11) is -3.87. The Morgan fingerprint density at radius 3 is 1.89 bits per heavy atom. The van der Waals surface area contributed by atoms with E-state index in [1.807, 2.05) is 91.0 Å². The Morgan fingerprint density at radius 1 is 0.761 bits per heavy atom. The number of ether oxygens (including phenoxy) is 1. The molecule has 9 heteroatoms. The van der Waals surface area contributed by atoms with Crippen LogP contribution in [0.4, 0.5) is 5.69 Å². The molecule has 1 N–H and O–H groups in total. The topological polar surface area (TPSA) is 96.0 Å². The maximum Gasteiger partial charge on any atom is 0.244 e. The van der Waals surface area contributed by atoms with E-state index in [9.17, 15) is 18.0 Å². The molecule has 0 aromatic heterocycles. The van der Waals surface area contributed by atoms with Gasteiger partial charge in [0.05, 0.1) is 11.9 Å². The van der Waals surface area contributed by atoms with Crippen molar-refractivity contribution in [2.45, 2.75) is 57.2 Å². The molecule has 4 aromatic carbocycles. The van der Waals surface area contributed by atoms with Crippen LogP contribution < -0.4 is 14.4 Å². The molecule has 1 aliphatic carbocycles. The van der Waals surface area contributed by atoms with Gasteiger partial charge in [0.25, 0.3) is 0 Å². The lowest BCUT2D eigenvalue weighted by molar-refractivity contribution is -0.140. The maximum atomic E-state index is 14.3. The van der Waals surface area contributed by atoms with Gasteiger partial charge in [0.2, 0.25) is 21.8 Å². The summed E-state index contributed by atoms with van der Waals surface area (Å²) in [6.45, 7) is -0.316. The first-order valence-electron chi connectivity index (χ1n) is 15.7. The number of carbonyl (C=O) groups excluding carboxylic acids is 2. The van der Waals surface area contributed by atoms with Gasteiger partial charge in [-0.1, -0.05) is 98.1 Å². The number of nitrogens with zero attached hydrogens (tertiary/aromatic N) is 2. The van der Waals surface area contributed by atoms with Gasteiger partial charge in [0, 0.05) is 19.0 Å². The van der Waals surface area contributed by atoms with Gasteiger partial charge in [-0.05, 0) is 60.4 Å². The van der Waals surface area contributed by atoms with E-state index in [0.29, 0.717) is 23.6 Å². The van der Waals surface area contributed by atoms with Crippen molar-refractivity contribution in [3.8, 4) is 11.5 Å². The minimum atomic E-state index is -3.87. The molecular weight excluding hydrogens is 598 g/mol. The Morgan fingerprint density at radius 2 is 1.30 bits per heavy atom. The van der Waals surface area contributed by atoms with E-state index in [4.69, 9.17) is 4.74 Å². The van der Waals surface area contributed by atoms with Crippen LogP contribution >= 0.6 is 0 Å². The Labute approximate surface area is 272 Å². The number of benzene rings is 4. The standard InChI is InChI=1S/C37H41N3O5S/c1-46(43,44)40(32-22-24-34(25-23-32)45-33-20-12-5-13-21-33)28-36(41)39(27-30-16-8-3-9-17-30)35(26-29-14-6-2-7-15-29)37(42)38-31-18-10-4-11-19-31/h2-3,5-9,12-17,20-25,31,35H,4,10-11,18-19,26-28H2,1H3,(H,38,42). The highest BCUT2D eigenvalue weighted by atomic mass is 32.2. The summed E-state index contributed by atoms with van der Waals surface area (Å²) in [5.74, 6) is 0.479. The van der Waals surface area contributed by atoms with Gasteiger partial charge >= 0.3 is 0 Å². The monoisotopic (exact) mass is 639 g/mol. The number of amides is 2. The fraction of sp³-hybridized carbons (Fsp3) is 0.297. The Bertz CT molecular complexity index is 1660. The number of para-hydroxylation sites is 1. The largest absolute Gasteiger partial charge is 0.457 e. The van der Waals surface area contributed by atoms with Crippen LogP contribution in [0.3, 0.4) is 0 Å². The second-order valence-corrected chi connectivity index (χ2v) is 13.6. The third kappa shape index (κ3) is 9.20. The fourth-order valence-electron chi connectivity index (χ4n) is 5.80. The molecule has 1 atom stereocenters. The summed E-state index contributed by atoms with van der Waals surface area (Å²) >= 11 is 0. The van der Waals surface area contributed by atoms with Gasteiger partial charge in [0.1, 0.15) is 24.1 Å². The van der Waals surface area contributed by atoms with Gasteiger partial charge in [-0.3, -0.25) is 13.9 Å². The van der Waals surface area contributed by atoms with Crippen LogP contribution in [0.5, 0.6) is 11.5 Å². The molecule has 2 amide bonds. The molecular formula is C37H41N3O5S. The summed E-state index contributed by atoms with van der Waals surface area (Å²) in [5.41, 5.74) is 2.07. The SMILES string of the molecule is CS(=O)(=O)N(CC(=O)N(Cc1ccccc1)C(Cc1ccccc1)C(=O)NC1CCCCC1)c1ccc(Oc2ccccc2)cc1. The Hall–Kier alpha value is -4.63. The predicted molar refractivity (Wildman–Crippen MR) is 181 cm³/mol. The van der Waals surface area contributed by atoms with Crippen molar-refractivity contribution in [3.05, 3.63) is 126 Å². The smallest absolute Gasteiger partial charge is 0.244 e. The number of rotatable bonds is 13. The molecule has 0 heterocycles. The molecule has 0 bridgehead atoms. The van der Waals surface area contributed by atoms with Crippen molar-refractivity contribution in [2.24, 2.45) is 0 Å². The zero-order chi connectivity index (χ0) is 32.4. The number of hydrogen-bond acceptors (Lipinski definition) is 5. The number of nitrogens with one attached hydrogen (secondary N) is 1. The van der Waals surface area contributed by atoms with E-state index >= 15 is 0 Å². The van der Waals surface area contributed by atoms with E-state index < -0.39 is 28.5 Å². The average Bonchev–Trinajstić information content (AvgIpc) is 3.07. The van der Waals surface area contributed by atoms with Gasteiger partial charge in [-0.2, -0.15) is 0 Å². The van der Waals surface area contributed by atoms with Crippen LogP contribution in [0.2, 0.25) is 0 Å². The lowest BCUT2D eigenvalue weighted by atomic mass is 9.94. The highest BCUT2D eigenvalue weighted by Crippen LogP contribution is 2.26. The highest BCUT2D eigenvalue weighted by Gasteiger charge is 2.34. The van der Waals surface area contributed by atoms with Crippen molar-refractivity contribution in [1.29, 1.82) is 0 Å². The molecule has 0 radical (unpaired) electrons. The average molecular weight is 640 g/mol. The van der Waals surface area contributed by atoms with Crippen molar-refractivity contribution in [3.63, 3.8) is 0 Å². The number of hydrogen-bond donors (Lipinski definition) is 1. The van der Waals surface area contributed by atoms with Gasteiger partial charge < -0.3 is 15.0 Å². The summed E-state index contributed by atoms with van der Waals surface area (Å²) in [4.78, 5) is 29.9. The van der Waals surface area contributed by atoms with E-state index in [1.54, 1.807) is 24.3 Å². The van der Waals surface area contributed by atoms with Crippen molar-refractivity contribution in [2.75, 3.05) is 17.1 Å². The zero-order valence-corrected chi connectivity index (χ0v) is 26.9. The highest BCUT2D eigenvalue weighted by molar-refractivity contribution is 7.92. The molecule has 1 unspecified atom stereocenters. The van der Waals surface area contributed by atoms with E-state index in [-0.39, 0.29) is 18.5 Å². The molecule has 0 saturated heterocycles. The lowest BCUT2D eigenvalue weighted by Gasteiger charge is -2.35. The molecule has 4 aromatic rings. The summed E-state index contributed by atoms with van der Waals surface area (Å²) < 4.78 is 33.2. The van der Waals surface area contributed by atoms with Crippen LogP contribution in [-0.2, 0) is 32.6 Å². The van der Waals surface area contributed by atoms with Crippen molar-refractivity contribution < 1.29 is 22.7 Å². The third-order valence-electron chi connectivity index (χ3n) is 8.20. The molecule has 0 spiro atoms. The predicted octanol–water partition coefficient (Wildman–Crippen LogP) is 6.33. The molecule has 5 rings (SSSR count). The number of carbonyl (C=O) groups is 2. The van der Waals surface area contributed by atoms with E-state index in [2.05, 4.69) is 5.32 Å². The van der Waals surface area contributed by atoms with E-state index in [1.165, 1.54) is 4.90 Å². The van der Waals surface area contributed by atoms with Gasteiger partial charge in [-0.15, -0.1) is 0 Å². The normalized spacial score (nSPS) is 14.2. The Balaban J connectivity index is 1.44.